The molecule has 0 aromatic heterocycles. The number of ether oxygens (including phenoxy) is 1. The van der Waals surface area contributed by atoms with Gasteiger partial charge in [-0.2, -0.15) is 0 Å². The largest absolute Gasteiger partial charge is 0.481 e. The van der Waals surface area contributed by atoms with E-state index in [1.807, 2.05) is 0 Å². The van der Waals surface area contributed by atoms with E-state index < -0.39 is 17.8 Å². The molecule has 0 radical (unpaired) electrons. The first-order valence-corrected chi connectivity index (χ1v) is 7.87. The third-order valence-corrected chi connectivity index (χ3v) is 2.89. The number of rotatable bonds is 5. The molecule has 1 aliphatic rings. The summed E-state index contributed by atoms with van der Waals surface area (Å²) >= 11 is 0. The normalized spacial score (nSPS) is 18.2. The number of aliphatic hydroxyl groups is 6. The van der Waals surface area contributed by atoms with Crippen LogP contribution in [0.1, 0.15) is 25.7 Å². The van der Waals surface area contributed by atoms with Gasteiger partial charge in [-0.15, -0.1) is 0 Å². The molecule has 10 heteroatoms. The van der Waals surface area contributed by atoms with Crippen molar-refractivity contribution in [3.63, 3.8) is 0 Å². The predicted octanol–water partition coefficient (Wildman–Crippen LogP) is -2.04. The molecule has 0 bridgehead atoms. The highest BCUT2D eigenvalue weighted by molar-refractivity contribution is 5.81. The Kier molecular flexibility index (Phi) is 25.9. The molecular formula is C15H32O10. The summed E-state index contributed by atoms with van der Waals surface area (Å²) < 4.78 is 4.57. The van der Waals surface area contributed by atoms with Gasteiger partial charge >= 0.3 is 11.9 Å². The summed E-state index contributed by atoms with van der Waals surface area (Å²) in [5.74, 6) is -2.24. The molecular weight excluding hydrogens is 340 g/mol. The zero-order valence-electron chi connectivity index (χ0n) is 14.6. The van der Waals surface area contributed by atoms with Crippen molar-refractivity contribution < 1.29 is 50.1 Å². The summed E-state index contributed by atoms with van der Waals surface area (Å²) in [4.78, 5) is 22.0. The molecule has 0 aromatic carbocycles. The van der Waals surface area contributed by atoms with Crippen LogP contribution in [0.3, 0.4) is 0 Å². The van der Waals surface area contributed by atoms with Gasteiger partial charge in [-0.05, 0) is 12.8 Å². The minimum Gasteiger partial charge on any atom is -0.481 e. The van der Waals surface area contributed by atoms with Crippen molar-refractivity contribution in [3.8, 4) is 0 Å². The van der Waals surface area contributed by atoms with E-state index in [0.29, 0.717) is 12.8 Å². The van der Waals surface area contributed by atoms with Crippen molar-refractivity contribution in [2.75, 3.05) is 46.8 Å². The Balaban J connectivity index is -0.000000333. The van der Waals surface area contributed by atoms with Crippen molar-refractivity contribution in [2.24, 2.45) is 11.8 Å². The number of esters is 1. The van der Waals surface area contributed by atoms with E-state index in [2.05, 4.69) is 4.74 Å². The molecule has 1 fully saturated rings. The molecule has 0 spiro atoms. The van der Waals surface area contributed by atoms with Crippen LogP contribution in [-0.4, -0.2) is 94.4 Å². The van der Waals surface area contributed by atoms with Crippen LogP contribution in [0.25, 0.3) is 0 Å². The van der Waals surface area contributed by atoms with Crippen LogP contribution in [0.4, 0.5) is 0 Å². The number of methoxy groups -OCH3 is 1. The van der Waals surface area contributed by atoms with E-state index in [9.17, 15) is 9.59 Å². The number of aliphatic hydroxyl groups excluding tert-OH is 6. The average molecular weight is 372 g/mol. The maximum absolute atomic E-state index is 11.2. The maximum atomic E-state index is 11.2. The SMILES string of the molecule is COC(=O)C1CCCCC1C(=O)O.OCCO.OCCO.OCCO. The number of carbonyl (C=O) groups excluding carboxylic acids is 1. The van der Waals surface area contributed by atoms with Gasteiger partial charge in [-0.3, -0.25) is 9.59 Å². The molecule has 152 valence electrons. The topological polar surface area (TPSA) is 185 Å². The zero-order valence-corrected chi connectivity index (χ0v) is 14.6. The highest BCUT2D eigenvalue weighted by atomic mass is 16.5. The van der Waals surface area contributed by atoms with E-state index in [0.717, 1.165) is 12.8 Å². The Morgan fingerprint density at radius 3 is 1.32 bits per heavy atom. The highest BCUT2D eigenvalue weighted by Gasteiger charge is 2.36. The second kappa shape index (κ2) is 22.7. The molecule has 0 heterocycles. The minimum absolute atomic E-state index is 0.125. The lowest BCUT2D eigenvalue weighted by atomic mass is 9.79. The smallest absolute Gasteiger partial charge is 0.309 e. The standard InChI is InChI=1S/C9H14O4.3C2H6O2/c1-13-9(12)7-5-3-2-4-6(7)8(10)11;3*3-1-2-4/h6-7H,2-5H2,1H3,(H,10,11);3*3-4H,1-2H2. The number of carboxylic acids is 1. The molecule has 7 N–H and O–H groups in total. The molecule has 2 unspecified atom stereocenters. The van der Waals surface area contributed by atoms with Crippen LogP contribution < -0.4 is 0 Å². The van der Waals surface area contributed by atoms with Crippen LogP contribution >= 0.6 is 0 Å². The molecule has 0 aromatic rings. The van der Waals surface area contributed by atoms with Crippen molar-refractivity contribution in [2.45, 2.75) is 25.7 Å². The molecule has 2 atom stereocenters. The lowest BCUT2D eigenvalue weighted by Crippen LogP contribution is -2.33. The van der Waals surface area contributed by atoms with Gasteiger partial charge in [0.2, 0.25) is 0 Å². The Morgan fingerprint density at radius 2 is 1.08 bits per heavy atom. The first-order chi connectivity index (χ1) is 11.9. The summed E-state index contributed by atoms with van der Waals surface area (Å²) in [5.41, 5.74) is 0. The third kappa shape index (κ3) is 18.9. The molecule has 0 amide bonds. The Morgan fingerprint density at radius 1 is 0.760 bits per heavy atom. The first kappa shape index (κ1) is 28.5. The third-order valence-electron chi connectivity index (χ3n) is 2.89. The highest BCUT2D eigenvalue weighted by Crippen LogP contribution is 2.30. The monoisotopic (exact) mass is 372 g/mol. The van der Waals surface area contributed by atoms with Crippen molar-refractivity contribution in [1.29, 1.82) is 0 Å². The fraction of sp³-hybridized carbons (Fsp3) is 0.867. The molecule has 1 aliphatic carbocycles. The fourth-order valence-electron chi connectivity index (χ4n) is 1.86. The molecule has 0 saturated heterocycles. The van der Waals surface area contributed by atoms with Gasteiger partial charge in [0.15, 0.2) is 0 Å². The van der Waals surface area contributed by atoms with Crippen molar-refractivity contribution >= 4 is 11.9 Å². The Bertz CT molecular complexity index is 283. The summed E-state index contributed by atoms with van der Waals surface area (Å²) in [6.45, 7) is -0.750. The molecule has 1 rings (SSSR count). The quantitative estimate of drug-likeness (QED) is 0.265. The molecule has 10 nitrogen and oxygen atoms in total. The predicted molar refractivity (Wildman–Crippen MR) is 87.6 cm³/mol. The van der Waals surface area contributed by atoms with E-state index in [1.54, 1.807) is 0 Å². The lowest BCUT2D eigenvalue weighted by Gasteiger charge is -2.25. The zero-order chi connectivity index (χ0) is 20.1. The van der Waals surface area contributed by atoms with E-state index in [1.165, 1.54) is 7.11 Å². The molecule has 0 aliphatic heterocycles. The number of carboxylic acid groups (broad SMARTS) is 1. The molecule has 25 heavy (non-hydrogen) atoms. The summed E-state index contributed by atoms with van der Waals surface area (Å²) in [7, 11) is 1.30. The number of hydrogen-bond donors (Lipinski definition) is 7. The number of aliphatic carboxylic acids is 1. The molecule has 1 saturated carbocycles. The van der Waals surface area contributed by atoms with Gasteiger partial charge in [0, 0.05) is 0 Å². The summed E-state index contributed by atoms with van der Waals surface area (Å²) in [6, 6.07) is 0. The van der Waals surface area contributed by atoms with Gasteiger partial charge < -0.3 is 40.5 Å². The average Bonchev–Trinajstić information content (AvgIpc) is 2.67. The van der Waals surface area contributed by atoms with Gasteiger partial charge in [0.25, 0.3) is 0 Å². The minimum atomic E-state index is -0.880. The second-order valence-electron chi connectivity index (χ2n) is 4.70. The second-order valence-corrected chi connectivity index (χ2v) is 4.70. The van der Waals surface area contributed by atoms with Crippen LogP contribution in [0.15, 0.2) is 0 Å². The van der Waals surface area contributed by atoms with Crippen LogP contribution in [-0.2, 0) is 14.3 Å². The van der Waals surface area contributed by atoms with Gasteiger partial charge in [-0.25, -0.2) is 0 Å². The lowest BCUT2D eigenvalue weighted by molar-refractivity contribution is -0.157. The van der Waals surface area contributed by atoms with Gasteiger partial charge in [0.05, 0.1) is 58.6 Å². The van der Waals surface area contributed by atoms with Crippen LogP contribution in [0.2, 0.25) is 0 Å². The first-order valence-electron chi connectivity index (χ1n) is 7.87. The van der Waals surface area contributed by atoms with Gasteiger partial charge in [-0.1, -0.05) is 12.8 Å². The summed E-state index contributed by atoms with van der Waals surface area (Å²) in [5, 5.41) is 54.6. The van der Waals surface area contributed by atoms with E-state index in [-0.39, 0.29) is 45.6 Å². The summed E-state index contributed by atoms with van der Waals surface area (Å²) in [6.07, 6.45) is 3.05. The Labute approximate surface area is 147 Å². The van der Waals surface area contributed by atoms with Crippen LogP contribution in [0, 0.1) is 11.8 Å². The van der Waals surface area contributed by atoms with E-state index >= 15 is 0 Å². The number of hydrogen-bond acceptors (Lipinski definition) is 9. The Hall–Kier alpha value is -1.30. The van der Waals surface area contributed by atoms with Crippen LogP contribution in [0.5, 0.6) is 0 Å². The fourth-order valence-corrected chi connectivity index (χ4v) is 1.86. The van der Waals surface area contributed by atoms with Gasteiger partial charge in [0.1, 0.15) is 0 Å². The van der Waals surface area contributed by atoms with Crippen molar-refractivity contribution in [1.82, 2.24) is 0 Å². The van der Waals surface area contributed by atoms with E-state index in [4.69, 9.17) is 35.7 Å². The van der Waals surface area contributed by atoms with Crippen molar-refractivity contribution in [3.05, 3.63) is 0 Å². The maximum Gasteiger partial charge on any atom is 0.309 e. The number of carbonyl (C=O) groups is 2.